The van der Waals surface area contributed by atoms with E-state index in [0.717, 1.165) is 38.8 Å². The molecule has 2 bridgehead atoms. The van der Waals surface area contributed by atoms with Crippen LogP contribution in [0.25, 0.3) is 0 Å². The molecule has 2 saturated heterocycles. The van der Waals surface area contributed by atoms with Gasteiger partial charge in [-0.1, -0.05) is 0 Å². The van der Waals surface area contributed by atoms with Gasteiger partial charge in [-0.25, -0.2) is 0 Å². The topological polar surface area (TPSA) is 49.9 Å². The van der Waals surface area contributed by atoms with Crippen molar-refractivity contribution in [1.82, 2.24) is 9.80 Å². The van der Waals surface area contributed by atoms with Crippen molar-refractivity contribution in [2.45, 2.75) is 31.7 Å². The SMILES string of the molecule is COCCN1C[C@H]2CCN(C(=O)C3CC3)[C@H](C2)C1=O. The lowest BCUT2D eigenvalue weighted by Gasteiger charge is -2.46. The summed E-state index contributed by atoms with van der Waals surface area (Å²) in [5, 5.41) is 0. The number of hydrogen-bond acceptors (Lipinski definition) is 3. The summed E-state index contributed by atoms with van der Waals surface area (Å²) in [7, 11) is 1.65. The molecule has 0 aromatic rings. The standard InChI is InChI=1S/C14H22N2O3/c1-19-7-6-15-9-10-4-5-16(12(8-10)14(15)18)13(17)11-2-3-11/h10-12H,2-9H2,1H3/t10-,12+/m0/s1. The van der Waals surface area contributed by atoms with Crippen LogP contribution in [0.15, 0.2) is 0 Å². The van der Waals surface area contributed by atoms with Crippen molar-refractivity contribution < 1.29 is 14.3 Å². The van der Waals surface area contributed by atoms with E-state index in [4.69, 9.17) is 4.74 Å². The Morgan fingerprint density at radius 2 is 2.16 bits per heavy atom. The average molecular weight is 266 g/mol. The zero-order valence-electron chi connectivity index (χ0n) is 11.5. The van der Waals surface area contributed by atoms with E-state index in [0.29, 0.717) is 19.1 Å². The molecule has 5 nitrogen and oxygen atoms in total. The van der Waals surface area contributed by atoms with Crippen molar-refractivity contribution in [2.24, 2.45) is 11.8 Å². The van der Waals surface area contributed by atoms with Gasteiger partial charge in [-0.05, 0) is 31.6 Å². The molecule has 2 amide bonds. The van der Waals surface area contributed by atoms with E-state index in [1.165, 1.54) is 0 Å². The third-order valence-electron chi connectivity index (χ3n) is 4.56. The molecule has 3 rings (SSSR count). The molecule has 0 N–H and O–H groups in total. The number of hydrogen-bond donors (Lipinski definition) is 0. The third kappa shape index (κ3) is 2.48. The summed E-state index contributed by atoms with van der Waals surface area (Å²) in [6.45, 7) is 2.83. The van der Waals surface area contributed by atoms with Crippen LogP contribution in [0.3, 0.4) is 0 Å². The Kier molecular flexibility index (Phi) is 3.48. The zero-order chi connectivity index (χ0) is 13.4. The van der Waals surface area contributed by atoms with Crippen LogP contribution >= 0.6 is 0 Å². The molecule has 0 aromatic heterocycles. The summed E-state index contributed by atoms with van der Waals surface area (Å²) >= 11 is 0. The number of ether oxygens (including phenoxy) is 1. The Labute approximate surface area is 113 Å². The highest BCUT2D eigenvalue weighted by Crippen LogP contribution is 2.36. The highest BCUT2D eigenvalue weighted by Gasteiger charge is 2.45. The van der Waals surface area contributed by atoms with Crippen LogP contribution in [0.5, 0.6) is 0 Å². The minimum Gasteiger partial charge on any atom is -0.383 e. The van der Waals surface area contributed by atoms with Gasteiger partial charge in [-0.15, -0.1) is 0 Å². The second-order valence-corrected chi connectivity index (χ2v) is 5.99. The quantitative estimate of drug-likeness (QED) is 0.744. The number of rotatable bonds is 4. The van der Waals surface area contributed by atoms with Crippen LogP contribution < -0.4 is 0 Å². The van der Waals surface area contributed by atoms with Gasteiger partial charge in [0.1, 0.15) is 6.04 Å². The van der Waals surface area contributed by atoms with E-state index in [2.05, 4.69) is 0 Å². The maximum Gasteiger partial charge on any atom is 0.245 e. The third-order valence-corrected chi connectivity index (χ3v) is 4.56. The van der Waals surface area contributed by atoms with Gasteiger partial charge in [0.2, 0.25) is 11.8 Å². The number of likely N-dealkylation sites (tertiary alicyclic amines) is 2. The Hall–Kier alpha value is -1.10. The van der Waals surface area contributed by atoms with E-state index < -0.39 is 0 Å². The number of fused-ring (bicyclic) bond motifs is 2. The van der Waals surface area contributed by atoms with E-state index in [9.17, 15) is 9.59 Å². The van der Waals surface area contributed by atoms with E-state index in [1.54, 1.807) is 7.11 Å². The molecular weight excluding hydrogens is 244 g/mol. The summed E-state index contributed by atoms with van der Waals surface area (Å²) in [5.41, 5.74) is 0. The van der Waals surface area contributed by atoms with Crippen molar-refractivity contribution in [2.75, 3.05) is 33.4 Å². The van der Waals surface area contributed by atoms with Crippen LogP contribution in [-0.2, 0) is 14.3 Å². The summed E-state index contributed by atoms with van der Waals surface area (Å²) in [6.07, 6.45) is 3.91. The molecule has 1 saturated carbocycles. The van der Waals surface area contributed by atoms with Crippen molar-refractivity contribution in [3.8, 4) is 0 Å². The maximum atomic E-state index is 12.5. The van der Waals surface area contributed by atoms with Gasteiger partial charge < -0.3 is 14.5 Å². The van der Waals surface area contributed by atoms with Crippen LogP contribution in [0.4, 0.5) is 0 Å². The Morgan fingerprint density at radius 3 is 2.84 bits per heavy atom. The normalized spacial score (nSPS) is 30.7. The Morgan fingerprint density at radius 1 is 1.37 bits per heavy atom. The van der Waals surface area contributed by atoms with Gasteiger partial charge in [0.05, 0.1) is 6.61 Å². The van der Waals surface area contributed by atoms with Crippen molar-refractivity contribution >= 4 is 11.8 Å². The van der Waals surface area contributed by atoms with Crippen molar-refractivity contribution in [1.29, 1.82) is 0 Å². The lowest BCUT2D eigenvalue weighted by Crippen LogP contribution is -2.60. The molecule has 2 aliphatic heterocycles. The number of piperidine rings is 2. The molecule has 0 unspecified atom stereocenters. The maximum absolute atomic E-state index is 12.5. The Balaban J connectivity index is 1.70. The highest BCUT2D eigenvalue weighted by molar-refractivity contribution is 5.90. The predicted molar refractivity (Wildman–Crippen MR) is 69.4 cm³/mol. The number of carbonyl (C=O) groups is 2. The number of methoxy groups -OCH3 is 1. The van der Waals surface area contributed by atoms with Gasteiger partial charge in [0.25, 0.3) is 0 Å². The smallest absolute Gasteiger partial charge is 0.245 e. The molecule has 3 fully saturated rings. The molecule has 0 spiro atoms. The molecular formula is C14H22N2O3. The van der Waals surface area contributed by atoms with Gasteiger partial charge in [0, 0.05) is 32.7 Å². The summed E-state index contributed by atoms with van der Waals surface area (Å²) in [4.78, 5) is 28.5. The largest absolute Gasteiger partial charge is 0.383 e. The van der Waals surface area contributed by atoms with Crippen LogP contribution in [0, 0.1) is 11.8 Å². The molecule has 0 aromatic carbocycles. The predicted octanol–water partition coefficient (Wildman–Crippen LogP) is 0.492. The van der Waals surface area contributed by atoms with E-state index in [-0.39, 0.29) is 23.8 Å². The minimum absolute atomic E-state index is 0.127. The van der Waals surface area contributed by atoms with Crippen molar-refractivity contribution in [3.05, 3.63) is 0 Å². The Bertz CT molecular complexity index is 381. The van der Waals surface area contributed by atoms with Gasteiger partial charge in [0.15, 0.2) is 0 Å². The van der Waals surface area contributed by atoms with Crippen LogP contribution in [-0.4, -0.2) is 61.0 Å². The minimum atomic E-state index is -0.197. The zero-order valence-corrected chi connectivity index (χ0v) is 11.5. The number of carbonyl (C=O) groups excluding carboxylic acids is 2. The highest BCUT2D eigenvalue weighted by atomic mass is 16.5. The van der Waals surface area contributed by atoms with Crippen LogP contribution in [0.1, 0.15) is 25.7 Å². The molecule has 19 heavy (non-hydrogen) atoms. The lowest BCUT2D eigenvalue weighted by molar-refractivity contribution is -0.155. The van der Waals surface area contributed by atoms with Crippen LogP contribution in [0.2, 0.25) is 0 Å². The molecule has 0 radical (unpaired) electrons. The van der Waals surface area contributed by atoms with Crippen molar-refractivity contribution in [3.63, 3.8) is 0 Å². The lowest BCUT2D eigenvalue weighted by atomic mass is 9.85. The first-order chi connectivity index (χ1) is 9.20. The fourth-order valence-electron chi connectivity index (χ4n) is 3.28. The van der Waals surface area contributed by atoms with Gasteiger partial charge in [-0.2, -0.15) is 0 Å². The van der Waals surface area contributed by atoms with E-state index >= 15 is 0 Å². The van der Waals surface area contributed by atoms with Gasteiger partial charge in [-0.3, -0.25) is 9.59 Å². The monoisotopic (exact) mass is 266 g/mol. The first-order valence-corrected chi connectivity index (χ1v) is 7.29. The second kappa shape index (κ2) is 5.12. The first-order valence-electron chi connectivity index (χ1n) is 7.29. The molecule has 1 aliphatic carbocycles. The molecule has 106 valence electrons. The first kappa shape index (κ1) is 12.9. The number of nitrogens with zero attached hydrogens (tertiary/aromatic N) is 2. The molecule has 2 atom stereocenters. The fourth-order valence-corrected chi connectivity index (χ4v) is 3.28. The molecule has 2 heterocycles. The summed E-state index contributed by atoms with van der Waals surface area (Å²) in [6, 6.07) is -0.197. The van der Waals surface area contributed by atoms with Gasteiger partial charge >= 0.3 is 0 Å². The second-order valence-electron chi connectivity index (χ2n) is 5.99. The van der Waals surface area contributed by atoms with E-state index in [1.807, 2.05) is 9.80 Å². The molecule has 3 aliphatic rings. The fraction of sp³-hybridized carbons (Fsp3) is 0.857. The number of amides is 2. The summed E-state index contributed by atoms with van der Waals surface area (Å²) in [5.74, 6) is 1.11. The summed E-state index contributed by atoms with van der Waals surface area (Å²) < 4.78 is 5.06. The molecule has 5 heteroatoms. The average Bonchev–Trinajstić information content (AvgIpc) is 3.25.